The molecule has 0 aromatic heterocycles. The van der Waals surface area contributed by atoms with E-state index < -0.39 is 10.0 Å². The number of anilines is 1. The van der Waals surface area contributed by atoms with E-state index in [1.807, 2.05) is 36.4 Å². The number of hydrogen-bond acceptors (Lipinski definition) is 4. The monoisotopic (exact) mass is 547 g/mol. The summed E-state index contributed by atoms with van der Waals surface area (Å²) in [4.78, 5) is 17.1. The number of nitrogens with zero attached hydrogens (tertiary/aromatic N) is 3. The summed E-state index contributed by atoms with van der Waals surface area (Å²) in [6.07, 6.45) is 4.45. The lowest BCUT2D eigenvalue weighted by atomic mass is 10.1. The largest absolute Gasteiger partial charge is 0.312 e. The van der Waals surface area contributed by atoms with Gasteiger partial charge in [-0.05, 0) is 67.1 Å². The Hall–Kier alpha value is -3.00. The molecule has 0 bridgehead atoms. The average molecular weight is 548 g/mol. The van der Waals surface area contributed by atoms with E-state index in [0.717, 1.165) is 49.0 Å². The molecule has 0 saturated carbocycles. The summed E-state index contributed by atoms with van der Waals surface area (Å²) in [5.41, 5.74) is 4.46. The number of aryl methyl sites for hydroxylation is 2. The fourth-order valence-electron chi connectivity index (χ4n) is 5.29. The Labute approximate surface area is 234 Å². The van der Waals surface area contributed by atoms with Crippen LogP contribution in [-0.4, -0.2) is 56.3 Å². The molecule has 6 nitrogen and oxygen atoms in total. The van der Waals surface area contributed by atoms with Crippen LogP contribution >= 0.6 is 0 Å². The third-order valence-electron chi connectivity index (χ3n) is 7.39. The second-order valence-electron chi connectivity index (χ2n) is 10.3. The molecule has 3 aromatic carbocycles. The predicted molar refractivity (Wildman–Crippen MR) is 158 cm³/mol. The lowest BCUT2D eigenvalue weighted by Crippen LogP contribution is -2.40. The number of para-hydroxylation sites is 1. The number of fused-ring (bicyclic) bond motifs is 1. The van der Waals surface area contributed by atoms with E-state index >= 15 is 0 Å². The maximum absolute atomic E-state index is 13.8. The van der Waals surface area contributed by atoms with Gasteiger partial charge in [-0.2, -0.15) is 4.31 Å². The quantitative estimate of drug-likeness (QED) is 0.373. The summed E-state index contributed by atoms with van der Waals surface area (Å²) >= 11 is 0. The SMILES string of the molecule is CCCc1ccc(S(=O)(=O)N2CCCN(C(C)=O)c3ccccc3CN(CCCc3ccccc3)CC2)cc1. The number of carbonyl (C=O) groups excluding carboxylic acids is 1. The lowest BCUT2D eigenvalue weighted by molar-refractivity contribution is -0.116. The molecule has 0 unspecified atom stereocenters. The minimum atomic E-state index is -3.66. The van der Waals surface area contributed by atoms with Crippen LogP contribution in [0.4, 0.5) is 5.69 Å². The molecule has 0 N–H and O–H groups in total. The number of sulfonamides is 1. The summed E-state index contributed by atoms with van der Waals surface area (Å²) in [5, 5.41) is 0. The molecule has 0 radical (unpaired) electrons. The van der Waals surface area contributed by atoms with Crippen molar-refractivity contribution in [1.82, 2.24) is 9.21 Å². The first-order valence-electron chi connectivity index (χ1n) is 14.1. The normalized spacial score (nSPS) is 15.9. The second-order valence-corrected chi connectivity index (χ2v) is 12.3. The minimum absolute atomic E-state index is 0.0294. The number of hydrogen-bond donors (Lipinski definition) is 0. The molecule has 0 spiro atoms. The van der Waals surface area contributed by atoms with Crippen molar-refractivity contribution in [1.29, 1.82) is 0 Å². The van der Waals surface area contributed by atoms with Crippen LogP contribution in [0.1, 0.15) is 49.8 Å². The highest BCUT2D eigenvalue weighted by atomic mass is 32.2. The standard InChI is InChI=1S/C32H41N3O3S/c1-3-11-28-17-19-31(20-18-28)39(37,38)34-22-10-23-35(27(2)36)32-16-8-7-15-30(32)26-33(24-25-34)21-9-14-29-12-5-4-6-13-29/h4-8,12-13,15-20H,3,9-11,14,21-26H2,1-2H3. The highest BCUT2D eigenvalue weighted by Crippen LogP contribution is 2.25. The van der Waals surface area contributed by atoms with Crippen LogP contribution in [-0.2, 0) is 34.2 Å². The molecule has 0 fully saturated rings. The highest BCUT2D eigenvalue weighted by Gasteiger charge is 2.27. The van der Waals surface area contributed by atoms with Crippen LogP contribution in [0.15, 0.2) is 83.8 Å². The van der Waals surface area contributed by atoms with E-state index in [4.69, 9.17) is 0 Å². The smallest absolute Gasteiger partial charge is 0.243 e. The molecule has 4 rings (SSSR count). The summed E-state index contributed by atoms with van der Waals surface area (Å²) in [6, 6.07) is 25.8. The highest BCUT2D eigenvalue weighted by molar-refractivity contribution is 7.89. The fourth-order valence-corrected chi connectivity index (χ4v) is 6.76. The number of amides is 1. The van der Waals surface area contributed by atoms with Crippen LogP contribution in [0.2, 0.25) is 0 Å². The van der Waals surface area contributed by atoms with Crippen molar-refractivity contribution in [2.24, 2.45) is 0 Å². The Morgan fingerprint density at radius 3 is 2.21 bits per heavy atom. The molecular formula is C32H41N3O3S. The fraction of sp³-hybridized carbons (Fsp3) is 0.406. The van der Waals surface area contributed by atoms with E-state index in [1.165, 1.54) is 5.56 Å². The zero-order chi connectivity index (χ0) is 27.7. The van der Waals surface area contributed by atoms with Crippen molar-refractivity contribution >= 4 is 21.6 Å². The molecule has 3 aromatic rings. The van der Waals surface area contributed by atoms with Gasteiger partial charge in [-0.3, -0.25) is 9.69 Å². The maximum Gasteiger partial charge on any atom is 0.243 e. The summed E-state index contributed by atoms with van der Waals surface area (Å²) < 4.78 is 29.2. The van der Waals surface area contributed by atoms with Crippen molar-refractivity contribution in [3.8, 4) is 0 Å². The molecule has 7 heteroatoms. The Bertz CT molecular complexity index is 1310. The Balaban J connectivity index is 1.58. The zero-order valence-corrected chi connectivity index (χ0v) is 24.1. The van der Waals surface area contributed by atoms with E-state index in [-0.39, 0.29) is 5.91 Å². The first-order valence-corrected chi connectivity index (χ1v) is 15.5. The minimum Gasteiger partial charge on any atom is -0.312 e. The molecule has 0 aliphatic carbocycles. The molecule has 0 atom stereocenters. The Morgan fingerprint density at radius 2 is 1.49 bits per heavy atom. The zero-order valence-electron chi connectivity index (χ0n) is 23.3. The summed E-state index contributed by atoms with van der Waals surface area (Å²) in [5.74, 6) is -0.0294. The van der Waals surface area contributed by atoms with Gasteiger partial charge in [-0.15, -0.1) is 0 Å². The number of benzene rings is 3. The van der Waals surface area contributed by atoms with Gasteiger partial charge in [0.1, 0.15) is 0 Å². The molecule has 208 valence electrons. The van der Waals surface area contributed by atoms with Gasteiger partial charge in [-0.1, -0.05) is 74.0 Å². The molecule has 39 heavy (non-hydrogen) atoms. The number of rotatable bonds is 8. The van der Waals surface area contributed by atoms with Crippen LogP contribution in [0, 0.1) is 0 Å². The summed E-state index contributed by atoms with van der Waals surface area (Å²) in [6.45, 7) is 7.07. The van der Waals surface area contributed by atoms with Gasteiger partial charge in [0.2, 0.25) is 15.9 Å². The maximum atomic E-state index is 13.8. The molecule has 1 heterocycles. The third kappa shape index (κ3) is 7.78. The van der Waals surface area contributed by atoms with Crippen molar-refractivity contribution < 1.29 is 13.2 Å². The van der Waals surface area contributed by atoms with Gasteiger partial charge in [0.15, 0.2) is 0 Å². The van der Waals surface area contributed by atoms with Gasteiger partial charge >= 0.3 is 0 Å². The van der Waals surface area contributed by atoms with Crippen LogP contribution in [0.3, 0.4) is 0 Å². The van der Waals surface area contributed by atoms with E-state index in [2.05, 4.69) is 42.2 Å². The molecular weight excluding hydrogens is 506 g/mol. The van der Waals surface area contributed by atoms with Crippen molar-refractivity contribution in [3.63, 3.8) is 0 Å². The van der Waals surface area contributed by atoms with E-state index in [1.54, 1.807) is 28.3 Å². The Morgan fingerprint density at radius 1 is 0.795 bits per heavy atom. The van der Waals surface area contributed by atoms with Gasteiger partial charge < -0.3 is 4.90 Å². The van der Waals surface area contributed by atoms with Crippen LogP contribution in [0.5, 0.6) is 0 Å². The first-order chi connectivity index (χ1) is 18.9. The van der Waals surface area contributed by atoms with Crippen molar-refractivity contribution in [2.75, 3.05) is 37.6 Å². The average Bonchev–Trinajstić information content (AvgIpc) is 2.97. The predicted octanol–water partition coefficient (Wildman–Crippen LogP) is 5.52. The number of carbonyl (C=O) groups is 1. The van der Waals surface area contributed by atoms with Crippen molar-refractivity contribution in [2.45, 2.75) is 57.4 Å². The Kier molecular flexibility index (Phi) is 10.3. The molecule has 1 aliphatic heterocycles. The third-order valence-corrected chi connectivity index (χ3v) is 9.31. The van der Waals surface area contributed by atoms with E-state index in [0.29, 0.717) is 44.0 Å². The lowest BCUT2D eigenvalue weighted by Gasteiger charge is -2.27. The van der Waals surface area contributed by atoms with Crippen molar-refractivity contribution in [3.05, 3.63) is 95.6 Å². The van der Waals surface area contributed by atoms with Gasteiger partial charge in [0.05, 0.1) is 4.90 Å². The van der Waals surface area contributed by atoms with Gasteiger partial charge in [0.25, 0.3) is 0 Å². The van der Waals surface area contributed by atoms with E-state index in [9.17, 15) is 13.2 Å². The molecule has 0 saturated heterocycles. The second kappa shape index (κ2) is 13.9. The summed E-state index contributed by atoms with van der Waals surface area (Å²) in [7, 11) is -3.66. The van der Waals surface area contributed by atoms with Gasteiger partial charge in [-0.25, -0.2) is 8.42 Å². The molecule has 1 amide bonds. The molecule has 1 aliphatic rings. The van der Waals surface area contributed by atoms with Crippen LogP contribution < -0.4 is 4.90 Å². The van der Waals surface area contributed by atoms with Crippen LogP contribution in [0.25, 0.3) is 0 Å². The topological polar surface area (TPSA) is 60.9 Å². The van der Waals surface area contributed by atoms with Gasteiger partial charge in [0, 0.05) is 45.3 Å². The first kappa shape index (κ1) is 29.0.